The highest BCUT2D eigenvalue weighted by molar-refractivity contribution is 5.66. The van der Waals surface area contributed by atoms with E-state index in [9.17, 15) is 4.79 Å². The summed E-state index contributed by atoms with van der Waals surface area (Å²) in [6.45, 7) is 16.5. The Kier molecular flexibility index (Phi) is 6.74. The molecule has 4 rings (SSSR count). The number of ether oxygens (including phenoxy) is 1. The van der Waals surface area contributed by atoms with Crippen LogP contribution < -0.4 is 0 Å². The second-order valence-corrected chi connectivity index (χ2v) is 12.9. The lowest BCUT2D eigenvalue weighted by Gasteiger charge is -2.55. The number of carbonyl (C=O) groups is 1. The van der Waals surface area contributed by atoms with Gasteiger partial charge in [-0.25, -0.2) is 0 Å². The first kappa shape index (κ1) is 24.1. The van der Waals surface area contributed by atoms with Gasteiger partial charge in [-0.2, -0.15) is 0 Å². The lowest BCUT2D eigenvalue weighted by molar-refractivity contribution is -0.148. The maximum Gasteiger partial charge on any atom is 0.302 e. The van der Waals surface area contributed by atoms with Gasteiger partial charge in [-0.15, -0.1) is 0 Å². The highest BCUT2D eigenvalue weighted by Crippen LogP contribution is 2.66. The Balaban J connectivity index is 1.50. The van der Waals surface area contributed by atoms with Gasteiger partial charge in [-0.3, -0.25) is 4.79 Å². The van der Waals surface area contributed by atoms with E-state index in [1.807, 2.05) is 0 Å². The van der Waals surface area contributed by atoms with Crippen molar-refractivity contribution in [3.8, 4) is 0 Å². The van der Waals surface area contributed by atoms with Crippen LogP contribution in [0.1, 0.15) is 106 Å². The summed E-state index contributed by atoms with van der Waals surface area (Å²) < 4.78 is 5.60. The Labute approximate surface area is 197 Å². The van der Waals surface area contributed by atoms with E-state index < -0.39 is 0 Å². The number of esters is 1. The number of rotatable bonds is 6. The lowest BCUT2D eigenvalue weighted by atomic mass is 9.50. The zero-order valence-corrected chi connectivity index (χ0v) is 21.9. The Morgan fingerprint density at radius 3 is 2.44 bits per heavy atom. The van der Waals surface area contributed by atoms with Gasteiger partial charge in [0.05, 0.1) is 0 Å². The third-order valence-corrected chi connectivity index (χ3v) is 10.8. The highest BCUT2D eigenvalue weighted by atomic mass is 16.5. The van der Waals surface area contributed by atoms with Crippen molar-refractivity contribution in [2.24, 2.45) is 46.3 Å². The molecule has 0 bridgehead atoms. The van der Waals surface area contributed by atoms with Crippen LogP contribution in [0.3, 0.4) is 0 Å². The summed E-state index contributed by atoms with van der Waals surface area (Å²) in [6.07, 6.45) is 16.5. The van der Waals surface area contributed by atoms with Gasteiger partial charge in [0.2, 0.25) is 0 Å². The fourth-order valence-corrected chi connectivity index (χ4v) is 8.34. The lowest BCUT2D eigenvalue weighted by Crippen LogP contribution is -2.46. The maximum atomic E-state index is 11.5. The Bertz CT molecular complexity index is 776. The van der Waals surface area contributed by atoms with E-state index in [1.54, 1.807) is 12.5 Å². The molecule has 0 heterocycles. The number of hydrogen-bond acceptors (Lipinski definition) is 2. The molecule has 0 aromatic carbocycles. The zero-order chi connectivity index (χ0) is 23.3. The molecule has 8 atom stereocenters. The zero-order valence-electron chi connectivity index (χ0n) is 21.9. The predicted molar refractivity (Wildman–Crippen MR) is 133 cm³/mol. The molecular weight excluding hydrogens is 392 g/mol. The minimum absolute atomic E-state index is 0.0839. The van der Waals surface area contributed by atoms with Crippen LogP contribution in [-0.2, 0) is 9.53 Å². The van der Waals surface area contributed by atoms with E-state index in [2.05, 4.69) is 53.7 Å². The first-order chi connectivity index (χ1) is 15.1. The van der Waals surface area contributed by atoms with E-state index in [-0.39, 0.29) is 17.5 Å². The Morgan fingerprint density at radius 1 is 1.00 bits per heavy atom. The largest absolute Gasteiger partial charge is 0.462 e. The smallest absolute Gasteiger partial charge is 0.302 e. The molecule has 0 unspecified atom stereocenters. The fraction of sp³-hybridized carbons (Fsp3) is 0.833. The van der Waals surface area contributed by atoms with Gasteiger partial charge in [0.15, 0.2) is 0 Å². The molecule has 2 heteroatoms. The van der Waals surface area contributed by atoms with Gasteiger partial charge in [0.1, 0.15) is 6.10 Å². The van der Waals surface area contributed by atoms with Crippen molar-refractivity contribution >= 4 is 5.97 Å². The van der Waals surface area contributed by atoms with E-state index in [0.29, 0.717) is 11.3 Å². The summed E-state index contributed by atoms with van der Waals surface area (Å²) in [7, 11) is 0. The molecule has 0 aliphatic heterocycles. The van der Waals surface area contributed by atoms with Gasteiger partial charge < -0.3 is 4.74 Å². The Morgan fingerprint density at radius 2 is 1.75 bits per heavy atom. The van der Waals surface area contributed by atoms with Crippen molar-refractivity contribution in [3.05, 3.63) is 23.3 Å². The average Bonchev–Trinajstić information content (AvgIpc) is 3.08. The van der Waals surface area contributed by atoms with Crippen LogP contribution in [0.5, 0.6) is 0 Å². The van der Waals surface area contributed by atoms with E-state index in [0.717, 1.165) is 48.9 Å². The summed E-state index contributed by atoms with van der Waals surface area (Å²) in [5.74, 6) is 4.71. The monoisotopic (exact) mass is 440 g/mol. The Hall–Kier alpha value is -1.05. The molecule has 4 aliphatic carbocycles. The minimum Gasteiger partial charge on any atom is -0.462 e. The standard InChI is InChI=1S/C30H48O2/c1-19(2)20(3)8-9-21(4)26-12-13-27-25-11-10-23-18-24(32-22(5)31)14-16-29(23,6)28(25)15-17-30(26,27)7/h10-11,19-21,24,26-28H,8-9,12-18H2,1-7H3/t20-,21+,24+,26+,27+,28-,29+,30-/m0/s1. The summed E-state index contributed by atoms with van der Waals surface area (Å²) in [5, 5.41) is 0. The number of fused-ring (bicyclic) bond motifs is 5. The number of allylic oxidation sites excluding steroid dienone is 3. The average molecular weight is 441 g/mol. The van der Waals surface area contributed by atoms with Crippen LogP contribution in [0.2, 0.25) is 0 Å². The van der Waals surface area contributed by atoms with Gasteiger partial charge in [-0.1, -0.05) is 77.7 Å². The van der Waals surface area contributed by atoms with Crippen LogP contribution in [-0.4, -0.2) is 12.1 Å². The first-order valence-corrected chi connectivity index (χ1v) is 13.6. The molecule has 0 saturated heterocycles. The maximum absolute atomic E-state index is 11.5. The van der Waals surface area contributed by atoms with Crippen molar-refractivity contribution in [3.63, 3.8) is 0 Å². The number of hydrogen-bond donors (Lipinski definition) is 0. The predicted octanol–water partition coefficient (Wildman–Crippen LogP) is 8.13. The van der Waals surface area contributed by atoms with Gasteiger partial charge in [-0.05, 0) is 84.9 Å². The fourth-order valence-electron chi connectivity index (χ4n) is 8.34. The molecule has 32 heavy (non-hydrogen) atoms. The van der Waals surface area contributed by atoms with Crippen molar-refractivity contribution in [1.29, 1.82) is 0 Å². The van der Waals surface area contributed by atoms with Gasteiger partial charge >= 0.3 is 5.97 Å². The molecule has 0 aromatic rings. The summed E-state index contributed by atoms with van der Waals surface area (Å²) >= 11 is 0. The highest BCUT2D eigenvalue weighted by Gasteiger charge is 2.57. The van der Waals surface area contributed by atoms with Crippen LogP contribution in [0.25, 0.3) is 0 Å². The normalized spacial score (nSPS) is 40.5. The topological polar surface area (TPSA) is 26.3 Å². The molecule has 0 amide bonds. The molecule has 3 saturated carbocycles. The summed E-state index contributed by atoms with van der Waals surface area (Å²) in [5.41, 5.74) is 4.08. The number of carbonyl (C=O) groups excluding carboxylic acids is 1. The van der Waals surface area contributed by atoms with Crippen molar-refractivity contribution < 1.29 is 9.53 Å². The third-order valence-electron chi connectivity index (χ3n) is 10.8. The van der Waals surface area contributed by atoms with Crippen LogP contribution in [0.15, 0.2) is 23.3 Å². The molecule has 4 aliphatic rings. The van der Waals surface area contributed by atoms with Crippen molar-refractivity contribution in [2.75, 3.05) is 0 Å². The van der Waals surface area contributed by atoms with Gasteiger partial charge in [0.25, 0.3) is 0 Å². The van der Waals surface area contributed by atoms with E-state index in [4.69, 9.17) is 4.74 Å². The van der Waals surface area contributed by atoms with Crippen LogP contribution in [0, 0.1) is 46.3 Å². The van der Waals surface area contributed by atoms with Crippen LogP contribution >= 0.6 is 0 Å². The quantitative estimate of drug-likeness (QED) is 0.390. The van der Waals surface area contributed by atoms with Crippen molar-refractivity contribution in [2.45, 2.75) is 112 Å². The molecular formula is C30H48O2. The SMILES string of the molecule is CC(=O)O[C@@H]1CC[C@]2(C)C(=CC=C3[C@H]4CC[C@H]([C@H](C)CC[C@H](C)C(C)C)[C@]4(C)CC[C@@H]32)C1. The molecule has 0 aromatic heterocycles. The van der Waals surface area contributed by atoms with Crippen molar-refractivity contribution in [1.82, 2.24) is 0 Å². The third kappa shape index (κ3) is 4.14. The molecule has 0 spiro atoms. The molecule has 0 radical (unpaired) electrons. The second-order valence-electron chi connectivity index (χ2n) is 12.9. The molecule has 0 N–H and O–H groups in total. The second kappa shape index (κ2) is 8.95. The van der Waals surface area contributed by atoms with E-state index in [1.165, 1.54) is 44.1 Å². The summed E-state index contributed by atoms with van der Waals surface area (Å²) in [4.78, 5) is 11.5. The molecule has 3 fully saturated rings. The van der Waals surface area contributed by atoms with Crippen LogP contribution in [0.4, 0.5) is 0 Å². The van der Waals surface area contributed by atoms with E-state index >= 15 is 0 Å². The minimum atomic E-state index is -0.131. The summed E-state index contributed by atoms with van der Waals surface area (Å²) in [6, 6.07) is 0. The molecule has 180 valence electrons. The van der Waals surface area contributed by atoms with Gasteiger partial charge in [0, 0.05) is 13.3 Å². The molecule has 2 nitrogen and oxygen atoms in total. The first-order valence-electron chi connectivity index (χ1n) is 13.6.